The summed E-state index contributed by atoms with van der Waals surface area (Å²) in [6, 6.07) is 9.30. The van der Waals surface area contributed by atoms with Crippen molar-refractivity contribution in [1.29, 1.82) is 0 Å². The van der Waals surface area contributed by atoms with Gasteiger partial charge in [-0.3, -0.25) is 4.98 Å². The van der Waals surface area contributed by atoms with E-state index in [4.69, 9.17) is 4.74 Å². The number of benzene rings is 2. The van der Waals surface area contributed by atoms with Crippen LogP contribution in [0.1, 0.15) is 5.56 Å². The lowest BCUT2D eigenvalue weighted by Gasteiger charge is -2.26. The van der Waals surface area contributed by atoms with Crippen molar-refractivity contribution in [3.05, 3.63) is 60.2 Å². The molecule has 0 unspecified atom stereocenters. The molecule has 0 spiro atoms. The molecular weight excluding hydrogens is 415 g/mol. The molecule has 2 aromatic carbocycles. The number of hydrogen-bond donors (Lipinski definition) is 3. The van der Waals surface area contributed by atoms with E-state index >= 15 is 0 Å². The Morgan fingerprint density at radius 2 is 1.88 bits per heavy atom. The number of rotatable bonds is 3. The van der Waals surface area contributed by atoms with Gasteiger partial charge in [-0.15, -0.1) is 0 Å². The Bertz CT molecular complexity index is 1310. The maximum atomic E-state index is 13.3. The van der Waals surface area contributed by atoms with Crippen LogP contribution < -0.4 is 10.1 Å². The number of pyridine rings is 1. The zero-order valence-corrected chi connectivity index (χ0v) is 17.1. The van der Waals surface area contributed by atoms with E-state index in [-0.39, 0.29) is 40.6 Å². The zero-order valence-electron chi connectivity index (χ0n) is 17.1. The van der Waals surface area contributed by atoms with Gasteiger partial charge in [-0.05, 0) is 29.8 Å². The zero-order chi connectivity index (χ0) is 22.2. The minimum absolute atomic E-state index is 0.140. The fourth-order valence-electron chi connectivity index (χ4n) is 4.01. The number of ether oxygens (including phenoxy) is 1. The van der Waals surface area contributed by atoms with Crippen LogP contribution in [0, 0.1) is 5.82 Å². The minimum Gasteiger partial charge on any atom is -0.505 e. The Labute approximate surface area is 182 Å². The van der Waals surface area contributed by atoms with Crippen molar-refractivity contribution in [2.45, 2.75) is 6.54 Å². The number of nitrogens with one attached hydrogen (secondary N) is 1. The molecule has 9 heteroatoms. The van der Waals surface area contributed by atoms with Crippen LogP contribution in [0.15, 0.2) is 48.8 Å². The van der Waals surface area contributed by atoms with Crippen LogP contribution >= 0.6 is 0 Å². The molecule has 164 valence electrons. The highest BCUT2D eigenvalue weighted by Crippen LogP contribution is 2.46. The first-order valence-electron chi connectivity index (χ1n) is 10.3. The number of piperazine rings is 1. The van der Waals surface area contributed by atoms with Crippen LogP contribution in [-0.4, -0.2) is 56.9 Å². The predicted octanol–water partition coefficient (Wildman–Crippen LogP) is 3.19. The molecule has 1 amide bonds. The predicted molar refractivity (Wildman–Crippen MR) is 117 cm³/mol. The first-order chi connectivity index (χ1) is 15.5. The van der Waals surface area contributed by atoms with Crippen LogP contribution in [0.5, 0.6) is 17.4 Å². The maximum Gasteiger partial charge on any atom is 0.415 e. The lowest BCUT2D eigenvalue weighted by atomic mass is 10.1. The van der Waals surface area contributed by atoms with Crippen molar-refractivity contribution in [2.75, 3.05) is 26.2 Å². The molecule has 0 saturated carbocycles. The number of fused-ring (bicyclic) bond motifs is 2. The molecule has 2 aromatic heterocycles. The number of aromatic hydroxyl groups is 2. The van der Waals surface area contributed by atoms with Gasteiger partial charge in [0, 0.05) is 44.0 Å². The number of hydrogen-bond acceptors (Lipinski definition) is 6. The third-order valence-electron chi connectivity index (χ3n) is 5.64. The summed E-state index contributed by atoms with van der Waals surface area (Å²) in [4.78, 5) is 18.7. The van der Waals surface area contributed by atoms with Gasteiger partial charge in [0.25, 0.3) is 0 Å². The Morgan fingerprint density at radius 3 is 2.62 bits per heavy atom. The molecule has 0 radical (unpaired) electrons. The third-order valence-corrected chi connectivity index (χ3v) is 5.64. The lowest BCUT2D eigenvalue weighted by Crippen LogP contribution is -2.47. The minimum atomic E-state index is -0.505. The van der Waals surface area contributed by atoms with Gasteiger partial charge >= 0.3 is 6.09 Å². The van der Waals surface area contributed by atoms with Gasteiger partial charge in [-0.1, -0.05) is 12.1 Å². The van der Waals surface area contributed by atoms with Crippen molar-refractivity contribution in [3.63, 3.8) is 0 Å². The Morgan fingerprint density at radius 1 is 1.12 bits per heavy atom. The molecule has 1 fully saturated rings. The fraction of sp³-hybridized carbons (Fsp3) is 0.217. The van der Waals surface area contributed by atoms with Gasteiger partial charge in [0.1, 0.15) is 11.3 Å². The molecule has 32 heavy (non-hydrogen) atoms. The highest BCUT2D eigenvalue weighted by molar-refractivity contribution is 6.12. The van der Waals surface area contributed by atoms with Gasteiger partial charge in [0.15, 0.2) is 11.5 Å². The van der Waals surface area contributed by atoms with Crippen LogP contribution in [-0.2, 0) is 6.54 Å². The summed E-state index contributed by atoms with van der Waals surface area (Å²) < 4.78 is 20.6. The molecule has 0 aliphatic carbocycles. The van der Waals surface area contributed by atoms with Crippen molar-refractivity contribution < 1.29 is 24.1 Å². The molecule has 1 aliphatic heterocycles. The monoisotopic (exact) mass is 436 g/mol. The second kappa shape index (κ2) is 8.01. The highest BCUT2D eigenvalue weighted by Gasteiger charge is 2.25. The highest BCUT2D eigenvalue weighted by atomic mass is 19.1. The summed E-state index contributed by atoms with van der Waals surface area (Å²) in [6.07, 6.45) is 2.62. The molecule has 0 bridgehead atoms. The smallest absolute Gasteiger partial charge is 0.415 e. The average Bonchev–Trinajstić information content (AvgIpc) is 3.14. The van der Waals surface area contributed by atoms with E-state index in [1.54, 1.807) is 35.4 Å². The van der Waals surface area contributed by atoms with E-state index in [1.807, 2.05) is 0 Å². The third kappa shape index (κ3) is 3.46. The molecular formula is C23H21FN4O4. The van der Waals surface area contributed by atoms with Crippen LogP contribution in [0.4, 0.5) is 9.18 Å². The van der Waals surface area contributed by atoms with Crippen molar-refractivity contribution in [3.8, 4) is 17.4 Å². The first kappa shape index (κ1) is 20.1. The summed E-state index contributed by atoms with van der Waals surface area (Å²) in [7, 11) is 0. The molecule has 8 nitrogen and oxygen atoms in total. The SMILES string of the molecule is O=C(Oc1c2cccnc2c(O)c2c(O)n(Cc3ccc(F)cc3)cc12)N1CCNCC1. The van der Waals surface area contributed by atoms with E-state index in [9.17, 15) is 19.4 Å². The molecule has 0 atom stereocenters. The number of halogens is 1. The van der Waals surface area contributed by atoms with Crippen molar-refractivity contribution >= 4 is 27.8 Å². The number of aromatic nitrogens is 2. The van der Waals surface area contributed by atoms with Crippen LogP contribution in [0.25, 0.3) is 21.7 Å². The topological polar surface area (TPSA) is 99.9 Å². The molecule has 3 N–H and O–H groups in total. The molecule has 1 aliphatic rings. The lowest BCUT2D eigenvalue weighted by molar-refractivity contribution is 0.147. The summed E-state index contributed by atoms with van der Waals surface area (Å²) in [6.45, 7) is 2.63. The summed E-state index contributed by atoms with van der Waals surface area (Å²) >= 11 is 0. The molecule has 5 rings (SSSR count). The fourth-order valence-corrected chi connectivity index (χ4v) is 4.01. The Kier molecular flexibility index (Phi) is 5.02. The normalized spacial score (nSPS) is 14.2. The van der Waals surface area contributed by atoms with E-state index in [0.717, 1.165) is 5.56 Å². The number of phenolic OH excluding ortho intramolecular Hbond substituents is 1. The average molecular weight is 436 g/mol. The standard InChI is InChI=1S/C23H21FN4O4/c24-15-5-3-14(4-6-15)12-28-13-17-18(22(28)30)20(29)19-16(2-1-7-26-19)21(17)32-23(31)27-10-8-25-9-11-27/h1-7,13,25,29-30H,8-12H2. The Hall–Kier alpha value is -3.85. The van der Waals surface area contributed by atoms with Crippen LogP contribution in [0.2, 0.25) is 0 Å². The van der Waals surface area contributed by atoms with Crippen molar-refractivity contribution in [2.24, 2.45) is 0 Å². The number of phenols is 1. The summed E-state index contributed by atoms with van der Waals surface area (Å²) in [5.74, 6) is -0.535. The quantitative estimate of drug-likeness (QED) is 0.456. The van der Waals surface area contributed by atoms with Gasteiger partial charge < -0.3 is 29.7 Å². The second-order valence-electron chi connectivity index (χ2n) is 7.68. The number of nitrogens with zero attached hydrogens (tertiary/aromatic N) is 3. The van der Waals surface area contributed by atoms with Gasteiger partial charge in [0.2, 0.25) is 5.88 Å². The maximum absolute atomic E-state index is 13.3. The summed E-state index contributed by atoms with van der Waals surface area (Å²) in [5, 5.41) is 25.9. The van der Waals surface area contributed by atoms with E-state index in [0.29, 0.717) is 37.0 Å². The van der Waals surface area contributed by atoms with E-state index < -0.39 is 6.09 Å². The molecule has 3 heterocycles. The van der Waals surface area contributed by atoms with Gasteiger partial charge in [-0.25, -0.2) is 9.18 Å². The molecule has 1 saturated heterocycles. The second-order valence-corrected chi connectivity index (χ2v) is 7.68. The van der Waals surface area contributed by atoms with Crippen LogP contribution in [0.3, 0.4) is 0 Å². The molecule has 4 aromatic rings. The first-order valence-corrected chi connectivity index (χ1v) is 10.3. The number of carbonyl (C=O) groups excluding carboxylic acids is 1. The Balaban J connectivity index is 1.64. The number of carbonyl (C=O) groups is 1. The van der Waals surface area contributed by atoms with Gasteiger partial charge in [0.05, 0.1) is 17.3 Å². The largest absolute Gasteiger partial charge is 0.505 e. The van der Waals surface area contributed by atoms with Gasteiger partial charge in [-0.2, -0.15) is 0 Å². The number of amides is 1. The van der Waals surface area contributed by atoms with E-state index in [1.165, 1.54) is 22.9 Å². The van der Waals surface area contributed by atoms with E-state index in [2.05, 4.69) is 10.3 Å². The summed E-state index contributed by atoms with van der Waals surface area (Å²) in [5.41, 5.74) is 0.974. The van der Waals surface area contributed by atoms with Crippen molar-refractivity contribution in [1.82, 2.24) is 19.8 Å².